The second-order valence-corrected chi connectivity index (χ2v) is 4.32. The smallest absolute Gasteiger partial charge is 0.253 e. The molecule has 2 aromatic rings. The predicted octanol–water partition coefficient (Wildman–Crippen LogP) is 2.50. The number of carbonyl (C=O) groups excluding carboxylic acids is 1. The SMILES string of the molecule is CN(C)C(=O)c1ccccc1-c1cnc(Cl)nc1. The number of hydrogen-bond donors (Lipinski definition) is 0. The number of halogens is 1. The Morgan fingerprint density at radius 1 is 1.17 bits per heavy atom. The maximum Gasteiger partial charge on any atom is 0.253 e. The van der Waals surface area contributed by atoms with Crippen molar-refractivity contribution in [3.05, 3.63) is 47.5 Å². The van der Waals surface area contributed by atoms with Gasteiger partial charge in [-0.1, -0.05) is 18.2 Å². The summed E-state index contributed by atoms with van der Waals surface area (Å²) in [6.07, 6.45) is 3.22. The number of benzene rings is 1. The molecule has 1 amide bonds. The molecule has 0 atom stereocenters. The summed E-state index contributed by atoms with van der Waals surface area (Å²) in [5.74, 6) is -0.0550. The molecule has 0 bridgehead atoms. The van der Waals surface area contributed by atoms with Crippen LogP contribution in [0, 0.1) is 0 Å². The minimum atomic E-state index is -0.0550. The van der Waals surface area contributed by atoms with Gasteiger partial charge < -0.3 is 4.90 Å². The maximum absolute atomic E-state index is 12.1. The summed E-state index contributed by atoms with van der Waals surface area (Å²) in [4.78, 5) is 21.5. The van der Waals surface area contributed by atoms with E-state index in [0.29, 0.717) is 5.56 Å². The van der Waals surface area contributed by atoms with Crippen molar-refractivity contribution < 1.29 is 4.79 Å². The minimum absolute atomic E-state index is 0.0550. The summed E-state index contributed by atoms with van der Waals surface area (Å²) in [5, 5.41) is 0.190. The monoisotopic (exact) mass is 261 g/mol. The number of carbonyl (C=O) groups is 1. The second kappa shape index (κ2) is 5.14. The van der Waals surface area contributed by atoms with Gasteiger partial charge in [-0.25, -0.2) is 9.97 Å². The largest absolute Gasteiger partial charge is 0.345 e. The summed E-state index contributed by atoms with van der Waals surface area (Å²) in [6, 6.07) is 7.35. The molecule has 0 fully saturated rings. The highest BCUT2D eigenvalue weighted by atomic mass is 35.5. The lowest BCUT2D eigenvalue weighted by atomic mass is 10.0. The van der Waals surface area contributed by atoms with Gasteiger partial charge in [-0.15, -0.1) is 0 Å². The molecule has 0 N–H and O–H groups in total. The van der Waals surface area contributed by atoms with Crippen LogP contribution in [0.3, 0.4) is 0 Å². The van der Waals surface area contributed by atoms with E-state index in [-0.39, 0.29) is 11.2 Å². The molecule has 0 unspecified atom stereocenters. The quantitative estimate of drug-likeness (QED) is 0.781. The molecule has 0 spiro atoms. The molecule has 0 aliphatic carbocycles. The number of amides is 1. The van der Waals surface area contributed by atoms with E-state index in [0.717, 1.165) is 11.1 Å². The van der Waals surface area contributed by atoms with E-state index in [1.54, 1.807) is 32.6 Å². The molecule has 0 saturated carbocycles. The highest BCUT2D eigenvalue weighted by molar-refractivity contribution is 6.28. The molecular formula is C13H12ClN3O. The van der Waals surface area contributed by atoms with Crippen molar-refractivity contribution in [3.63, 3.8) is 0 Å². The molecule has 0 aliphatic rings. The van der Waals surface area contributed by atoms with Crippen LogP contribution >= 0.6 is 11.6 Å². The Kier molecular flexibility index (Phi) is 3.58. The van der Waals surface area contributed by atoms with Gasteiger partial charge >= 0.3 is 0 Å². The van der Waals surface area contributed by atoms with E-state index in [1.165, 1.54) is 4.90 Å². The zero-order chi connectivity index (χ0) is 13.1. The third-order valence-electron chi connectivity index (χ3n) is 2.49. The number of rotatable bonds is 2. The van der Waals surface area contributed by atoms with E-state index in [1.807, 2.05) is 18.2 Å². The van der Waals surface area contributed by atoms with Crippen molar-refractivity contribution in [2.75, 3.05) is 14.1 Å². The first-order chi connectivity index (χ1) is 8.59. The fourth-order valence-corrected chi connectivity index (χ4v) is 1.71. The molecule has 0 radical (unpaired) electrons. The zero-order valence-electron chi connectivity index (χ0n) is 10.1. The molecule has 4 nitrogen and oxygen atoms in total. The number of aromatic nitrogens is 2. The Balaban J connectivity index is 2.51. The summed E-state index contributed by atoms with van der Waals surface area (Å²) < 4.78 is 0. The summed E-state index contributed by atoms with van der Waals surface area (Å²) in [5.41, 5.74) is 2.19. The van der Waals surface area contributed by atoms with E-state index in [9.17, 15) is 4.79 Å². The van der Waals surface area contributed by atoms with E-state index >= 15 is 0 Å². The van der Waals surface area contributed by atoms with Gasteiger partial charge in [0.25, 0.3) is 5.91 Å². The first-order valence-electron chi connectivity index (χ1n) is 5.38. The summed E-state index contributed by atoms with van der Waals surface area (Å²) >= 11 is 5.65. The van der Waals surface area contributed by atoms with Crippen molar-refractivity contribution in [2.24, 2.45) is 0 Å². The van der Waals surface area contributed by atoms with Gasteiger partial charge in [0.1, 0.15) is 0 Å². The van der Waals surface area contributed by atoms with E-state index in [2.05, 4.69) is 9.97 Å². The lowest BCUT2D eigenvalue weighted by Gasteiger charge is -2.13. The lowest BCUT2D eigenvalue weighted by Crippen LogP contribution is -2.22. The van der Waals surface area contributed by atoms with Crippen LogP contribution in [0.15, 0.2) is 36.7 Å². The van der Waals surface area contributed by atoms with Gasteiger partial charge in [-0.2, -0.15) is 0 Å². The normalized spacial score (nSPS) is 10.2. The molecule has 5 heteroatoms. The van der Waals surface area contributed by atoms with Crippen molar-refractivity contribution in [1.29, 1.82) is 0 Å². The Labute approximate surface area is 110 Å². The van der Waals surface area contributed by atoms with Gasteiger partial charge in [0, 0.05) is 37.6 Å². The molecular weight excluding hydrogens is 250 g/mol. The number of hydrogen-bond acceptors (Lipinski definition) is 3. The second-order valence-electron chi connectivity index (χ2n) is 3.99. The van der Waals surface area contributed by atoms with Crippen LogP contribution in [0.25, 0.3) is 11.1 Å². The Bertz CT molecular complexity index is 567. The molecule has 0 aliphatic heterocycles. The van der Waals surface area contributed by atoms with Gasteiger partial charge in [-0.05, 0) is 23.2 Å². The van der Waals surface area contributed by atoms with Gasteiger partial charge in [0.05, 0.1) is 0 Å². The van der Waals surface area contributed by atoms with Crippen molar-refractivity contribution in [3.8, 4) is 11.1 Å². The lowest BCUT2D eigenvalue weighted by molar-refractivity contribution is 0.0828. The first-order valence-corrected chi connectivity index (χ1v) is 5.76. The molecule has 0 saturated heterocycles. The van der Waals surface area contributed by atoms with Crippen LogP contribution in [0.5, 0.6) is 0 Å². The standard InChI is InChI=1S/C13H12ClN3O/c1-17(2)12(18)11-6-4-3-5-10(11)9-7-15-13(14)16-8-9/h3-8H,1-2H3. The fourth-order valence-electron chi connectivity index (χ4n) is 1.61. The third-order valence-corrected chi connectivity index (χ3v) is 2.69. The van der Waals surface area contributed by atoms with Crippen LogP contribution in [0.4, 0.5) is 0 Å². The number of nitrogens with zero attached hydrogens (tertiary/aromatic N) is 3. The van der Waals surface area contributed by atoms with Gasteiger partial charge in [0.15, 0.2) is 0 Å². The van der Waals surface area contributed by atoms with E-state index < -0.39 is 0 Å². The van der Waals surface area contributed by atoms with Gasteiger partial charge in [0.2, 0.25) is 5.28 Å². The fraction of sp³-hybridized carbons (Fsp3) is 0.154. The molecule has 18 heavy (non-hydrogen) atoms. The van der Waals surface area contributed by atoms with Crippen LogP contribution < -0.4 is 0 Å². The molecule has 1 aromatic heterocycles. The predicted molar refractivity (Wildman–Crippen MR) is 70.5 cm³/mol. The highest BCUT2D eigenvalue weighted by Crippen LogP contribution is 2.23. The van der Waals surface area contributed by atoms with Crippen LogP contribution in [-0.2, 0) is 0 Å². The van der Waals surface area contributed by atoms with Crippen molar-refractivity contribution in [1.82, 2.24) is 14.9 Å². The third kappa shape index (κ3) is 2.49. The Hall–Kier alpha value is -1.94. The molecule has 92 valence electrons. The Morgan fingerprint density at radius 3 is 2.39 bits per heavy atom. The average Bonchev–Trinajstić information content (AvgIpc) is 2.39. The maximum atomic E-state index is 12.1. The van der Waals surface area contributed by atoms with E-state index in [4.69, 9.17) is 11.6 Å². The molecule has 1 heterocycles. The van der Waals surface area contributed by atoms with Crippen LogP contribution in [-0.4, -0.2) is 34.9 Å². The van der Waals surface area contributed by atoms with Crippen molar-refractivity contribution >= 4 is 17.5 Å². The van der Waals surface area contributed by atoms with Gasteiger partial charge in [-0.3, -0.25) is 4.79 Å². The highest BCUT2D eigenvalue weighted by Gasteiger charge is 2.14. The van der Waals surface area contributed by atoms with Crippen molar-refractivity contribution in [2.45, 2.75) is 0 Å². The van der Waals surface area contributed by atoms with Crippen LogP contribution in [0.2, 0.25) is 5.28 Å². The first kappa shape index (κ1) is 12.5. The topological polar surface area (TPSA) is 46.1 Å². The Morgan fingerprint density at radius 2 is 1.78 bits per heavy atom. The summed E-state index contributed by atoms with van der Waals surface area (Å²) in [6.45, 7) is 0. The zero-order valence-corrected chi connectivity index (χ0v) is 10.8. The minimum Gasteiger partial charge on any atom is -0.345 e. The average molecular weight is 262 g/mol. The molecule has 1 aromatic carbocycles. The van der Waals surface area contributed by atoms with Crippen LogP contribution in [0.1, 0.15) is 10.4 Å². The molecule has 2 rings (SSSR count). The summed E-state index contributed by atoms with van der Waals surface area (Å²) in [7, 11) is 3.44.